The number of nitrogens with zero attached hydrogens (tertiary/aromatic N) is 2. The summed E-state index contributed by atoms with van der Waals surface area (Å²) in [6.07, 6.45) is 4.07. The molecular weight excluding hydrogens is 1310 g/mol. The van der Waals surface area contributed by atoms with Crippen LogP contribution in [0.3, 0.4) is 0 Å². The number of pyridine rings is 1. The predicted molar refractivity (Wildman–Crippen MR) is 369 cm³/mol. The summed E-state index contributed by atoms with van der Waals surface area (Å²) in [5.74, 6) is -1.99. The van der Waals surface area contributed by atoms with Gasteiger partial charge in [0.25, 0.3) is 0 Å². The van der Waals surface area contributed by atoms with Gasteiger partial charge in [-0.1, -0.05) is 74.5 Å². The van der Waals surface area contributed by atoms with Crippen molar-refractivity contribution >= 4 is 108 Å². The van der Waals surface area contributed by atoms with Crippen molar-refractivity contribution in [2.45, 2.75) is 218 Å². The highest BCUT2D eigenvalue weighted by atomic mass is 33.1. The van der Waals surface area contributed by atoms with Crippen LogP contribution in [0.25, 0.3) is 4.85 Å². The molecule has 9 atom stereocenters. The lowest BCUT2D eigenvalue weighted by molar-refractivity contribution is -0.253. The van der Waals surface area contributed by atoms with E-state index < -0.39 is 75.1 Å². The number of ether oxygens (including phenoxy) is 11. The topological polar surface area (TPSA) is 279 Å². The molecule has 94 heavy (non-hydrogen) atoms. The van der Waals surface area contributed by atoms with Gasteiger partial charge in [-0.2, -0.15) is 0 Å². The number of ketones is 2. The molecule has 28 heteroatoms. The number of hydrogen-bond acceptors (Lipinski definition) is 25. The second-order valence-electron chi connectivity index (χ2n) is 25.1. The molecule has 2 heterocycles. The van der Waals surface area contributed by atoms with Gasteiger partial charge >= 0.3 is 30.0 Å². The summed E-state index contributed by atoms with van der Waals surface area (Å²) in [7, 11) is 4.32. The summed E-state index contributed by atoms with van der Waals surface area (Å²) < 4.78 is 62.0. The van der Waals surface area contributed by atoms with Gasteiger partial charge in [-0.25, -0.2) is 16.4 Å². The van der Waals surface area contributed by atoms with E-state index in [2.05, 4.69) is 20.5 Å². The fourth-order valence-corrected chi connectivity index (χ4v) is 15.6. The Kier molecular flexibility index (Phi) is 42.2. The van der Waals surface area contributed by atoms with Gasteiger partial charge in [0.05, 0.1) is 56.6 Å². The zero-order valence-electron chi connectivity index (χ0n) is 57.7. The number of alkyl carbamates (subject to hydrolysis) is 1. The summed E-state index contributed by atoms with van der Waals surface area (Å²) in [4.78, 5) is 114. The number of esters is 4. The molecule has 23 nitrogen and oxygen atoms in total. The largest absolute Gasteiger partial charge is 0.464 e. The van der Waals surface area contributed by atoms with Gasteiger partial charge < -0.3 is 67.6 Å². The first kappa shape index (κ1) is 85.9. The number of rotatable bonds is 49. The van der Waals surface area contributed by atoms with Crippen LogP contribution < -0.4 is 10.6 Å². The minimum absolute atomic E-state index is 0.0182. The first-order chi connectivity index (χ1) is 44.5. The van der Waals surface area contributed by atoms with Crippen LogP contribution in [0.2, 0.25) is 0 Å². The number of hydrogen-bond donors (Lipinski definition) is 2. The summed E-state index contributed by atoms with van der Waals surface area (Å²) in [5.41, 5.74) is -5.24. The first-order valence-corrected chi connectivity index (χ1v) is 36.9. The Morgan fingerprint density at radius 2 is 1.34 bits per heavy atom. The maximum Gasteiger partial charge on any atom is 0.407 e. The average molecular weight is 1420 g/mol. The predicted octanol–water partition coefficient (Wildman–Crippen LogP) is 11.3. The molecule has 2 amide bonds. The summed E-state index contributed by atoms with van der Waals surface area (Å²) >= 11 is 8.15. The number of amides is 2. The second kappa shape index (κ2) is 46.2. The minimum Gasteiger partial charge on any atom is -0.464 e. The molecule has 534 valence electrons. The normalized spacial score (nSPS) is 18.9. The highest BCUT2D eigenvalue weighted by Gasteiger charge is 2.55. The number of nitrogens with one attached hydrogen (secondary N) is 2. The smallest absolute Gasteiger partial charge is 0.407 e. The van der Waals surface area contributed by atoms with Crippen molar-refractivity contribution in [2.24, 2.45) is 16.7 Å². The van der Waals surface area contributed by atoms with Gasteiger partial charge in [0, 0.05) is 104 Å². The quantitative estimate of drug-likeness (QED) is 0.0153. The number of carbonyl (C=O) groups is 8. The molecule has 1 aromatic heterocycles. The van der Waals surface area contributed by atoms with Gasteiger partial charge in [0.1, 0.15) is 62.4 Å². The number of thioether (sulfide) groups is 2. The van der Waals surface area contributed by atoms with E-state index in [1.807, 2.05) is 39.0 Å². The second-order valence-corrected chi connectivity index (χ2v) is 31.5. The van der Waals surface area contributed by atoms with E-state index in [0.29, 0.717) is 40.9 Å². The lowest BCUT2D eigenvalue weighted by Gasteiger charge is -2.44. The highest BCUT2D eigenvalue weighted by molar-refractivity contribution is 8.76. The molecule has 0 aromatic carbocycles. The monoisotopic (exact) mass is 1420 g/mol. The number of Topliss-reactive ketones (excluding diaryl/α,β-unsaturated/α-hetero) is 2. The third-order valence-electron chi connectivity index (χ3n) is 15.0. The fourth-order valence-electron chi connectivity index (χ4n) is 10.7. The molecule has 0 aliphatic carbocycles. The van der Waals surface area contributed by atoms with E-state index >= 15 is 0 Å². The van der Waals surface area contributed by atoms with Crippen LogP contribution >= 0.6 is 57.3 Å². The Labute approximate surface area is 579 Å². The summed E-state index contributed by atoms with van der Waals surface area (Å²) in [5, 5.41) is 6.23. The molecule has 1 saturated heterocycles. The number of thiocarbonyl (C=S) groups is 1. The van der Waals surface area contributed by atoms with Crippen molar-refractivity contribution in [3.63, 3.8) is 0 Å². The lowest BCUT2D eigenvalue weighted by atomic mass is 9.64. The Bertz CT molecular complexity index is 2530. The van der Waals surface area contributed by atoms with Gasteiger partial charge in [-0.05, 0) is 109 Å². The zero-order valence-corrected chi connectivity index (χ0v) is 61.8. The minimum atomic E-state index is -1.65. The molecule has 0 saturated carbocycles. The SMILES string of the molecule is [C-]#[N+]C(C)(CCC(=O)CCCOCCOCCC(=O)CCCCCCO[C@@H]1O[C@H](CC)[C@H](C)[C@H](OC(C)=O)[C@H]1NC(C)=O)CC(C)(CC(C)(CC(C)(SC(=S)SCC)C(=O)OCCOC)C(=O)OCCOCCNC(=O)OC(C)(C)C)C(=O)OCCSSc1ccccn1. The summed E-state index contributed by atoms with van der Waals surface area (Å²) in [6.45, 7) is 30.3. The Morgan fingerprint density at radius 3 is 1.98 bits per heavy atom. The van der Waals surface area contributed by atoms with Crippen LogP contribution in [0.4, 0.5) is 4.79 Å². The van der Waals surface area contributed by atoms with Crippen LogP contribution in [-0.4, -0.2) is 194 Å². The molecule has 4 unspecified atom stereocenters. The molecule has 1 fully saturated rings. The number of methoxy groups -OCH3 is 1. The maximum atomic E-state index is 14.8. The molecule has 1 aliphatic heterocycles. The molecule has 0 radical (unpaired) electrons. The van der Waals surface area contributed by atoms with Crippen molar-refractivity contribution in [3.05, 3.63) is 35.8 Å². The van der Waals surface area contributed by atoms with E-state index in [9.17, 15) is 38.4 Å². The van der Waals surface area contributed by atoms with E-state index in [4.69, 9.17) is 70.9 Å². The number of aromatic nitrogens is 1. The van der Waals surface area contributed by atoms with E-state index in [0.717, 1.165) is 42.5 Å². The molecule has 2 rings (SSSR count). The molecule has 1 aromatic rings. The third-order valence-corrected chi connectivity index (χ3v) is 19.9. The zero-order chi connectivity index (χ0) is 70.2. The summed E-state index contributed by atoms with van der Waals surface area (Å²) in [6, 6.07) is 4.90. The number of unbranched alkanes of at least 4 members (excludes halogenated alkanes) is 3. The van der Waals surface area contributed by atoms with Gasteiger partial charge in [-0.3, -0.25) is 33.6 Å². The van der Waals surface area contributed by atoms with Gasteiger partial charge in [-0.15, -0.1) is 11.8 Å². The standard InChI is InChI=1S/C66H106N4O19S5/c1-15-52-47(3)55(87-49(5)72)54(70-48(4)71)56(88-52)83-33-22-18-17-19-24-51(74)28-34-81-38-37-80-32-23-25-50(73)27-29-65(11,67-13)45-63(9,57(75)86-42-43-92-94-53-26-20-21-30-68-53)44-64(10,46-66(12,93-61(90)91-16-2)59(77)85-40-36-79-14)58(76)84-41-39-82-35-31-69-60(78)89-62(6,7)8/h20-21,26,30,47,52,54-56H,15-19,22-25,27-29,31-46H2,1-12,14H3,(H,69,78)(H,70,71)/t47-,52+,54+,55-,56+,63?,64?,65?,66?/m0/s1. The highest BCUT2D eigenvalue weighted by Crippen LogP contribution is 2.50. The maximum absolute atomic E-state index is 14.8. The van der Waals surface area contributed by atoms with Gasteiger partial charge in [0.2, 0.25) is 11.4 Å². The van der Waals surface area contributed by atoms with Crippen LogP contribution in [0.1, 0.15) is 173 Å². The van der Waals surface area contributed by atoms with E-state index in [1.54, 1.807) is 54.7 Å². The molecule has 2 N–H and O–H groups in total. The van der Waals surface area contributed by atoms with Crippen molar-refractivity contribution in [2.75, 3.05) is 97.8 Å². The molecular formula is C66H106N4O19S5. The Balaban J connectivity index is 2.08. The van der Waals surface area contributed by atoms with Crippen LogP contribution in [0.5, 0.6) is 0 Å². The first-order valence-electron chi connectivity index (χ1n) is 32.4. The van der Waals surface area contributed by atoms with Crippen LogP contribution in [0.15, 0.2) is 29.4 Å². The number of carbonyl (C=O) groups excluding carboxylic acids is 8. The van der Waals surface area contributed by atoms with Crippen molar-refractivity contribution in [3.8, 4) is 0 Å². The third kappa shape index (κ3) is 35.4. The average Bonchev–Trinajstić information content (AvgIpc) is 0.783. The van der Waals surface area contributed by atoms with Crippen LogP contribution in [0, 0.1) is 23.3 Å². The van der Waals surface area contributed by atoms with Crippen molar-refractivity contribution < 1.29 is 90.5 Å². The molecule has 1 aliphatic rings. The van der Waals surface area contributed by atoms with Crippen molar-refractivity contribution in [1.29, 1.82) is 0 Å². The van der Waals surface area contributed by atoms with E-state index in [1.165, 1.54) is 54.3 Å². The fraction of sp³-hybridized carbons (Fsp3) is 0.773. The Hall–Kier alpha value is -4.15. The lowest BCUT2D eigenvalue weighted by Crippen LogP contribution is -2.62. The van der Waals surface area contributed by atoms with Crippen LogP contribution in [-0.2, 0) is 85.7 Å². The Morgan fingerprint density at radius 1 is 0.713 bits per heavy atom. The molecule has 0 spiro atoms. The molecule has 0 bridgehead atoms. The van der Waals surface area contributed by atoms with E-state index in [-0.39, 0.29) is 147 Å². The van der Waals surface area contributed by atoms with Gasteiger partial charge in [0.15, 0.2) is 6.29 Å². The van der Waals surface area contributed by atoms with Crippen molar-refractivity contribution in [1.82, 2.24) is 15.6 Å².